The first-order valence-electron chi connectivity index (χ1n) is 11.2. The Morgan fingerprint density at radius 2 is 1.71 bits per heavy atom. The topological polar surface area (TPSA) is 75.6 Å². The van der Waals surface area contributed by atoms with Crippen LogP contribution in [-0.4, -0.2) is 37.7 Å². The maximum absolute atomic E-state index is 13.6. The van der Waals surface area contributed by atoms with Crippen LogP contribution >= 0.6 is 11.8 Å². The fraction of sp³-hybridized carbons (Fsp3) is 0.148. The van der Waals surface area contributed by atoms with Crippen molar-refractivity contribution >= 4 is 28.7 Å². The van der Waals surface area contributed by atoms with E-state index in [-0.39, 0.29) is 11.9 Å². The Hall–Kier alpha value is -3.84. The summed E-state index contributed by atoms with van der Waals surface area (Å²) in [5, 5.41) is 7.99. The lowest BCUT2D eigenvalue weighted by molar-refractivity contribution is 0.0926. The first-order valence-corrected chi connectivity index (χ1v) is 12.6. The average molecular weight is 468 g/mol. The number of nitrogens with zero attached hydrogens (tertiary/aromatic N) is 3. The van der Waals surface area contributed by atoms with Crippen LogP contribution in [0.3, 0.4) is 0 Å². The third-order valence-electron chi connectivity index (χ3n) is 5.67. The Labute approximate surface area is 202 Å². The molecule has 1 atom stereocenters. The van der Waals surface area contributed by atoms with E-state index in [9.17, 15) is 4.79 Å². The van der Waals surface area contributed by atoms with Crippen LogP contribution in [0.4, 0.5) is 0 Å². The largest absolute Gasteiger partial charge is 0.341 e. The molecule has 0 bridgehead atoms. The van der Waals surface area contributed by atoms with Gasteiger partial charge < -0.3 is 10.3 Å². The summed E-state index contributed by atoms with van der Waals surface area (Å²) in [6, 6.07) is 29.1. The van der Waals surface area contributed by atoms with E-state index in [1.807, 2.05) is 91.0 Å². The first-order chi connectivity index (χ1) is 16.7. The highest BCUT2D eigenvalue weighted by molar-refractivity contribution is 7.98. The minimum absolute atomic E-state index is 0.190. The van der Waals surface area contributed by atoms with E-state index in [1.165, 1.54) is 0 Å². The highest BCUT2D eigenvalue weighted by atomic mass is 32.2. The minimum atomic E-state index is -0.244. The second-order valence-corrected chi connectivity index (χ2v) is 8.96. The summed E-state index contributed by atoms with van der Waals surface area (Å²) < 4.78 is 1.71. The standard InChI is InChI=1S/C27H25N5OS/c1-34-17-16-23(26-28-21-14-8-9-15-22(21)29-26)30-27(33)25-18-24(19-10-4-2-5-11-19)31-32(25)20-12-6-3-7-13-20/h2-15,18,23H,16-17H2,1H3,(H,28,29)(H,30,33)/t23-/m1/s1. The number of rotatable bonds is 8. The van der Waals surface area contributed by atoms with Gasteiger partial charge in [0.05, 0.1) is 28.5 Å². The van der Waals surface area contributed by atoms with Crippen LogP contribution < -0.4 is 5.32 Å². The zero-order chi connectivity index (χ0) is 23.3. The molecule has 0 spiro atoms. The molecular formula is C27H25N5OS. The molecule has 0 unspecified atom stereocenters. The molecule has 1 amide bonds. The van der Waals surface area contributed by atoms with Gasteiger partial charge in [0.15, 0.2) is 0 Å². The molecule has 0 aliphatic heterocycles. The Morgan fingerprint density at radius 3 is 2.44 bits per heavy atom. The van der Waals surface area contributed by atoms with Gasteiger partial charge in [-0.2, -0.15) is 16.9 Å². The third-order valence-corrected chi connectivity index (χ3v) is 6.31. The molecule has 0 radical (unpaired) electrons. The van der Waals surface area contributed by atoms with Crippen molar-refractivity contribution in [3.63, 3.8) is 0 Å². The van der Waals surface area contributed by atoms with Crippen molar-refractivity contribution < 1.29 is 4.79 Å². The second kappa shape index (κ2) is 9.97. The second-order valence-electron chi connectivity index (χ2n) is 7.97. The number of amides is 1. The predicted octanol–water partition coefficient (Wildman–Crippen LogP) is 5.64. The van der Waals surface area contributed by atoms with Gasteiger partial charge in [-0.05, 0) is 48.8 Å². The maximum Gasteiger partial charge on any atom is 0.270 e. The van der Waals surface area contributed by atoms with Crippen LogP contribution in [0.2, 0.25) is 0 Å². The Balaban J connectivity index is 1.51. The van der Waals surface area contributed by atoms with Gasteiger partial charge >= 0.3 is 0 Å². The molecule has 170 valence electrons. The molecule has 0 saturated carbocycles. The maximum atomic E-state index is 13.6. The zero-order valence-electron chi connectivity index (χ0n) is 18.8. The number of carbonyl (C=O) groups excluding carboxylic acids is 1. The molecule has 3 aromatic carbocycles. The summed E-state index contributed by atoms with van der Waals surface area (Å²) in [5.41, 5.74) is 4.87. The summed E-state index contributed by atoms with van der Waals surface area (Å²) in [6.45, 7) is 0. The molecule has 34 heavy (non-hydrogen) atoms. The normalized spacial score (nSPS) is 12.0. The molecular weight excluding hydrogens is 442 g/mol. The number of thioether (sulfide) groups is 1. The molecule has 0 fully saturated rings. The minimum Gasteiger partial charge on any atom is -0.341 e. The Kier molecular flexibility index (Phi) is 6.44. The number of aromatic amines is 1. The number of imidazole rings is 1. The van der Waals surface area contributed by atoms with Crippen LogP contribution in [0.25, 0.3) is 28.0 Å². The number of H-pyrrole nitrogens is 1. The molecule has 0 aliphatic carbocycles. The van der Waals surface area contributed by atoms with E-state index in [0.29, 0.717) is 5.69 Å². The monoisotopic (exact) mass is 467 g/mol. The number of aromatic nitrogens is 4. The van der Waals surface area contributed by atoms with Crippen molar-refractivity contribution in [2.24, 2.45) is 0 Å². The number of para-hydroxylation sites is 3. The van der Waals surface area contributed by atoms with E-state index in [1.54, 1.807) is 16.4 Å². The van der Waals surface area contributed by atoms with Gasteiger partial charge in [0.25, 0.3) is 5.91 Å². The highest BCUT2D eigenvalue weighted by Crippen LogP contribution is 2.24. The van der Waals surface area contributed by atoms with E-state index in [2.05, 4.69) is 16.6 Å². The molecule has 2 aromatic heterocycles. The van der Waals surface area contributed by atoms with Crippen molar-refractivity contribution in [1.82, 2.24) is 25.1 Å². The third kappa shape index (κ3) is 4.61. The number of nitrogens with one attached hydrogen (secondary N) is 2. The van der Waals surface area contributed by atoms with Gasteiger partial charge in [0.1, 0.15) is 11.5 Å². The van der Waals surface area contributed by atoms with Crippen molar-refractivity contribution in [3.05, 3.63) is 103 Å². The zero-order valence-corrected chi connectivity index (χ0v) is 19.6. The molecule has 6 nitrogen and oxygen atoms in total. The molecule has 5 rings (SSSR count). The van der Waals surface area contributed by atoms with Crippen LogP contribution in [0.5, 0.6) is 0 Å². The summed E-state index contributed by atoms with van der Waals surface area (Å²) in [7, 11) is 0. The number of hydrogen-bond acceptors (Lipinski definition) is 4. The van der Waals surface area contributed by atoms with Crippen molar-refractivity contribution in [2.45, 2.75) is 12.5 Å². The number of carbonyl (C=O) groups is 1. The smallest absolute Gasteiger partial charge is 0.270 e. The summed E-state index contributed by atoms with van der Waals surface area (Å²) in [6.07, 6.45) is 2.83. The van der Waals surface area contributed by atoms with Gasteiger partial charge in [0, 0.05) is 5.56 Å². The lowest BCUT2D eigenvalue weighted by Crippen LogP contribution is -2.31. The van der Waals surface area contributed by atoms with E-state index in [0.717, 1.165) is 46.0 Å². The molecule has 7 heteroatoms. The lowest BCUT2D eigenvalue weighted by Gasteiger charge is -2.17. The quantitative estimate of drug-likeness (QED) is 0.310. The van der Waals surface area contributed by atoms with Crippen molar-refractivity contribution in [2.75, 3.05) is 12.0 Å². The Bertz CT molecular complexity index is 1360. The summed E-state index contributed by atoms with van der Waals surface area (Å²) in [5.74, 6) is 1.47. The molecule has 0 aliphatic rings. The van der Waals surface area contributed by atoms with E-state index < -0.39 is 0 Å². The lowest BCUT2D eigenvalue weighted by atomic mass is 10.1. The SMILES string of the molecule is CSCC[C@@H](NC(=O)c1cc(-c2ccccc2)nn1-c1ccccc1)c1nc2ccccc2[nH]1. The number of benzene rings is 3. The van der Waals surface area contributed by atoms with Crippen molar-refractivity contribution in [1.29, 1.82) is 0 Å². The first kappa shape index (κ1) is 22.0. The van der Waals surface area contributed by atoms with Crippen LogP contribution in [0, 0.1) is 0 Å². The van der Waals surface area contributed by atoms with Crippen LogP contribution in [-0.2, 0) is 0 Å². The van der Waals surface area contributed by atoms with Gasteiger partial charge in [-0.1, -0.05) is 60.7 Å². The van der Waals surface area contributed by atoms with Gasteiger partial charge in [-0.3, -0.25) is 4.79 Å². The van der Waals surface area contributed by atoms with Crippen LogP contribution in [0.15, 0.2) is 91.0 Å². The van der Waals surface area contributed by atoms with Crippen molar-refractivity contribution in [3.8, 4) is 16.9 Å². The predicted molar refractivity (Wildman–Crippen MR) is 138 cm³/mol. The van der Waals surface area contributed by atoms with Gasteiger partial charge in [0.2, 0.25) is 0 Å². The van der Waals surface area contributed by atoms with E-state index in [4.69, 9.17) is 10.1 Å². The molecule has 2 N–H and O–H groups in total. The highest BCUT2D eigenvalue weighted by Gasteiger charge is 2.23. The molecule has 5 aromatic rings. The fourth-order valence-electron chi connectivity index (χ4n) is 3.94. The van der Waals surface area contributed by atoms with Gasteiger partial charge in [-0.25, -0.2) is 9.67 Å². The fourth-order valence-corrected chi connectivity index (χ4v) is 4.41. The molecule has 2 heterocycles. The van der Waals surface area contributed by atoms with E-state index >= 15 is 0 Å². The van der Waals surface area contributed by atoms with Crippen LogP contribution in [0.1, 0.15) is 28.8 Å². The number of fused-ring (bicyclic) bond motifs is 1. The number of hydrogen-bond donors (Lipinski definition) is 2. The average Bonchev–Trinajstić information content (AvgIpc) is 3.53. The molecule has 0 saturated heterocycles. The van der Waals surface area contributed by atoms with Gasteiger partial charge in [-0.15, -0.1) is 0 Å². The summed E-state index contributed by atoms with van der Waals surface area (Å²) in [4.78, 5) is 21.8. The Morgan fingerprint density at radius 1 is 1.00 bits per heavy atom. The summed E-state index contributed by atoms with van der Waals surface area (Å²) >= 11 is 1.75.